The van der Waals surface area contributed by atoms with Crippen molar-refractivity contribution >= 4 is 29.2 Å². The number of aryl methyl sites for hydroxylation is 1. The molecule has 14 heteroatoms. The predicted molar refractivity (Wildman–Crippen MR) is 161 cm³/mol. The van der Waals surface area contributed by atoms with E-state index in [2.05, 4.69) is 15.2 Å². The van der Waals surface area contributed by atoms with Gasteiger partial charge in [-0.2, -0.15) is 0 Å². The van der Waals surface area contributed by atoms with Gasteiger partial charge in [0.15, 0.2) is 0 Å². The molecule has 13 nitrogen and oxygen atoms in total. The Labute approximate surface area is 256 Å². The van der Waals surface area contributed by atoms with Crippen LogP contribution in [0.1, 0.15) is 58.3 Å². The molecule has 1 fully saturated rings. The lowest BCUT2D eigenvalue weighted by molar-refractivity contribution is -0.134. The number of carboxylic acids is 2. The summed E-state index contributed by atoms with van der Waals surface area (Å²) in [5.74, 6) is -2.33. The predicted octanol–water partition coefficient (Wildman–Crippen LogP) is 3.31. The number of rotatable bonds is 8. The lowest BCUT2D eigenvalue weighted by atomic mass is 9.94. The highest BCUT2D eigenvalue weighted by atomic mass is 32.1. The Balaban J connectivity index is 0.000000488. The molecule has 230 valence electrons. The summed E-state index contributed by atoms with van der Waals surface area (Å²) >= 11 is 1.56. The second kappa shape index (κ2) is 13.6. The molecule has 0 aliphatic carbocycles. The third-order valence-electron chi connectivity index (χ3n) is 6.86. The average molecular weight is 621 g/mol. The third-order valence-corrected chi connectivity index (χ3v) is 7.92. The number of amides is 1. The van der Waals surface area contributed by atoms with Crippen molar-refractivity contribution in [1.82, 2.24) is 24.6 Å². The van der Waals surface area contributed by atoms with Crippen molar-refractivity contribution < 1.29 is 29.0 Å². The molecule has 1 saturated heterocycles. The number of hydrogen-bond acceptors (Lipinski definition) is 10. The van der Waals surface area contributed by atoms with Crippen LogP contribution in [-0.4, -0.2) is 59.3 Å². The highest BCUT2D eigenvalue weighted by molar-refractivity contribution is 7.09. The summed E-state index contributed by atoms with van der Waals surface area (Å²) in [7, 11) is 1.61. The second-order valence-electron chi connectivity index (χ2n) is 10.5. The van der Waals surface area contributed by atoms with E-state index in [1.165, 1.54) is 10.6 Å². The van der Waals surface area contributed by atoms with Gasteiger partial charge in [-0.05, 0) is 44.7 Å². The van der Waals surface area contributed by atoms with Gasteiger partial charge in [-0.15, -0.1) is 21.5 Å². The minimum Gasteiger partial charge on any atom is -0.478 e. The minimum atomic E-state index is -1.26. The monoisotopic (exact) mass is 620 g/mol. The number of aromatic nitrogens is 4. The van der Waals surface area contributed by atoms with Crippen LogP contribution in [0.15, 0.2) is 69.2 Å². The lowest BCUT2D eigenvalue weighted by Gasteiger charge is -2.23. The van der Waals surface area contributed by atoms with Crippen molar-refractivity contribution in [1.29, 1.82) is 0 Å². The molecular formula is C30H32N6O7S. The smallest absolute Gasteiger partial charge is 0.328 e. The van der Waals surface area contributed by atoms with Crippen molar-refractivity contribution in [2.75, 3.05) is 6.54 Å². The molecule has 5 rings (SSSR count). The van der Waals surface area contributed by atoms with Gasteiger partial charge in [0.2, 0.25) is 5.89 Å². The van der Waals surface area contributed by atoms with Gasteiger partial charge in [-0.25, -0.2) is 14.6 Å². The summed E-state index contributed by atoms with van der Waals surface area (Å²) < 4.78 is 7.35. The highest BCUT2D eigenvalue weighted by Gasteiger charge is 2.34. The van der Waals surface area contributed by atoms with Gasteiger partial charge < -0.3 is 29.8 Å². The standard InChI is InChI=1S/C26H28N6O3S.C4H4O4/c1-16-15-36-23(28-16)19-10-7-11-32(19)24(34)18-12-20(31(3)21(33)13-18)22-29-30-25(35-22)26(2,27)14-17-8-5-4-6-9-17;5-3(6)1-2-4(7)8/h4-6,8-9,12-13,15,19H,7,10-11,14,27H2,1-3H3;1-2H,(H,5,6)(H,7,8)/t19-,26-;/m1./s1. The number of carbonyl (C=O) groups excluding carboxylic acids is 1. The van der Waals surface area contributed by atoms with Crippen LogP contribution in [0.2, 0.25) is 0 Å². The van der Waals surface area contributed by atoms with Crippen molar-refractivity contribution in [3.63, 3.8) is 0 Å². The Morgan fingerprint density at radius 1 is 1.14 bits per heavy atom. The topological polar surface area (TPSA) is 195 Å². The first-order valence-corrected chi connectivity index (χ1v) is 14.5. The Kier molecular flexibility index (Phi) is 9.86. The van der Waals surface area contributed by atoms with E-state index in [-0.39, 0.29) is 34.9 Å². The van der Waals surface area contributed by atoms with Crippen molar-refractivity contribution in [2.45, 2.75) is 44.7 Å². The number of hydrogen-bond donors (Lipinski definition) is 3. The quantitative estimate of drug-likeness (QED) is 0.245. The van der Waals surface area contributed by atoms with Gasteiger partial charge in [-0.1, -0.05) is 30.3 Å². The van der Waals surface area contributed by atoms with Crippen LogP contribution in [0.4, 0.5) is 0 Å². The van der Waals surface area contributed by atoms with Crippen LogP contribution >= 0.6 is 11.3 Å². The molecule has 0 saturated carbocycles. The summed E-state index contributed by atoms with van der Waals surface area (Å²) in [6.45, 7) is 4.38. The van der Waals surface area contributed by atoms with Crippen molar-refractivity contribution in [3.05, 3.63) is 98.1 Å². The number of nitrogens with zero attached hydrogens (tertiary/aromatic N) is 5. The van der Waals surface area contributed by atoms with Gasteiger partial charge in [0.25, 0.3) is 17.4 Å². The van der Waals surface area contributed by atoms with E-state index in [9.17, 15) is 19.2 Å². The van der Waals surface area contributed by atoms with E-state index in [4.69, 9.17) is 20.4 Å². The van der Waals surface area contributed by atoms with Crippen LogP contribution < -0.4 is 11.3 Å². The zero-order valence-corrected chi connectivity index (χ0v) is 25.2. The molecule has 1 amide bonds. The fraction of sp³-hybridized carbons (Fsp3) is 0.300. The Morgan fingerprint density at radius 2 is 1.82 bits per heavy atom. The molecule has 4 heterocycles. The number of carboxylic acid groups (broad SMARTS) is 2. The summed E-state index contributed by atoms with van der Waals surface area (Å²) in [6, 6.07) is 12.7. The van der Waals surface area contributed by atoms with Crippen LogP contribution in [0.25, 0.3) is 11.6 Å². The number of benzene rings is 1. The normalized spacial score (nSPS) is 15.9. The molecular weight excluding hydrogens is 588 g/mol. The molecule has 0 radical (unpaired) electrons. The number of nitrogens with two attached hydrogens (primary N) is 1. The fourth-order valence-corrected chi connectivity index (χ4v) is 5.66. The van der Waals surface area contributed by atoms with E-state index in [0.717, 1.165) is 29.1 Å². The third kappa shape index (κ3) is 7.71. The lowest BCUT2D eigenvalue weighted by Crippen LogP contribution is -2.35. The van der Waals surface area contributed by atoms with Crippen LogP contribution in [0, 0.1) is 6.92 Å². The van der Waals surface area contributed by atoms with Crippen LogP contribution in [-0.2, 0) is 28.6 Å². The first-order chi connectivity index (χ1) is 20.9. The van der Waals surface area contributed by atoms with Gasteiger partial charge in [-0.3, -0.25) is 9.59 Å². The Bertz CT molecular complexity index is 1730. The van der Waals surface area contributed by atoms with Crippen LogP contribution in [0.3, 0.4) is 0 Å². The first-order valence-electron chi connectivity index (χ1n) is 13.6. The van der Waals surface area contributed by atoms with Gasteiger partial charge >= 0.3 is 11.9 Å². The molecule has 4 N–H and O–H groups in total. The number of carbonyl (C=O) groups is 3. The van der Waals surface area contributed by atoms with E-state index >= 15 is 0 Å². The molecule has 4 aromatic rings. The maximum atomic E-state index is 13.5. The van der Waals surface area contributed by atoms with E-state index in [0.29, 0.717) is 30.8 Å². The molecule has 3 aromatic heterocycles. The van der Waals surface area contributed by atoms with Gasteiger partial charge in [0, 0.05) is 48.4 Å². The van der Waals surface area contributed by atoms with E-state index in [1.807, 2.05) is 49.6 Å². The van der Waals surface area contributed by atoms with Crippen molar-refractivity contribution in [3.8, 4) is 11.6 Å². The Morgan fingerprint density at radius 3 is 2.43 bits per heavy atom. The summed E-state index contributed by atoms with van der Waals surface area (Å²) in [5, 5.41) is 26.9. The van der Waals surface area contributed by atoms with Crippen molar-refractivity contribution in [2.24, 2.45) is 12.8 Å². The van der Waals surface area contributed by atoms with Gasteiger partial charge in [0.1, 0.15) is 10.7 Å². The number of likely N-dealkylation sites (tertiary alicyclic amines) is 1. The van der Waals surface area contributed by atoms with E-state index in [1.54, 1.807) is 29.4 Å². The number of pyridine rings is 1. The molecule has 1 aliphatic rings. The number of thiazole rings is 1. The van der Waals surface area contributed by atoms with Gasteiger partial charge in [0.05, 0.1) is 11.6 Å². The number of aliphatic carboxylic acids is 2. The molecule has 44 heavy (non-hydrogen) atoms. The van der Waals surface area contributed by atoms with E-state index < -0.39 is 17.5 Å². The molecule has 1 aliphatic heterocycles. The molecule has 0 unspecified atom stereocenters. The average Bonchev–Trinajstić information content (AvgIpc) is 3.75. The Hall–Kier alpha value is -4.95. The first kappa shape index (κ1) is 32.0. The second-order valence-corrected chi connectivity index (χ2v) is 11.4. The molecule has 1 aromatic carbocycles. The highest BCUT2D eigenvalue weighted by Crippen LogP contribution is 2.35. The van der Waals surface area contributed by atoms with Crippen LogP contribution in [0.5, 0.6) is 0 Å². The molecule has 2 atom stereocenters. The zero-order valence-electron chi connectivity index (χ0n) is 24.3. The summed E-state index contributed by atoms with van der Waals surface area (Å²) in [4.78, 5) is 51.8. The largest absolute Gasteiger partial charge is 0.478 e. The zero-order chi connectivity index (χ0) is 32.0. The molecule has 0 bridgehead atoms. The summed E-state index contributed by atoms with van der Waals surface area (Å²) in [6.07, 6.45) is 3.35. The fourth-order valence-electron chi connectivity index (χ4n) is 4.72. The maximum absolute atomic E-state index is 13.5. The SMILES string of the molecule is Cc1csc([C@H]2CCCN2C(=O)c2cc(-c3nnc([C@](C)(N)Cc4ccccc4)o3)n(C)c(=O)c2)n1.O=C(O)C=CC(=O)O. The molecule has 0 spiro atoms. The summed E-state index contributed by atoms with van der Waals surface area (Å²) in [5.41, 5.74) is 7.91. The maximum Gasteiger partial charge on any atom is 0.328 e. The minimum absolute atomic E-state index is 0.0883.